The van der Waals surface area contributed by atoms with Crippen LogP contribution in [0.3, 0.4) is 0 Å². The van der Waals surface area contributed by atoms with Crippen molar-refractivity contribution < 1.29 is 28.9 Å². The van der Waals surface area contributed by atoms with Crippen LogP contribution < -0.4 is 5.32 Å². The molecule has 0 aromatic carbocycles. The molecule has 0 radical (unpaired) electrons. The van der Waals surface area contributed by atoms with Gasteiger partial charge in [-0.15, -0.1) is 0 Å². The Morgan fingerprint density at radius 3 is 2.75 bits per heavy atom. The molecule has 1 aliphatic heterocycles. The predicted octanol–water partition coefficient (Wildman–Crippen LogP) is 3.94. The van der Waals surface area contributed by atoms with Gasteiger partial charge in [0.05, 0.1) is 18.9 Å². The summed E-state index contributed by atoms with van der Waals surface area (Å²) in [6.45, 7) is 10.6. The van der Waals surface area contributed by atoms with E-state index in [4.69, 9.17) is 14.2 Å². The van der Waals surface area contributed by atoms with Crippen LogP contribution in [0.5, 0.6) is 0 Å². The number of rotatable bonds is 7. The SMILES string of the molecule is CC.CCCC1OC2CC3C4CCC5=CC(=O)C=CC5(C)[C@H]4C(O)CC3(C)C2(C(=O)COCNC)O1. The van der Waals surface area contributed by atoms with Gasteiger partial charge in [-0.2, -0.15) is 0 Å². The molecule has 7 heteroatoms. The molecule has 3 saturated carbocycles. The number of fused-ring (bicyclic) bond motifs is 7. The molecule has 0 aromatic rings. The zero-order valence-corrected chi connectivity index (χ0v) is 22.8. The number of ether oxygens (including phenoxy) is 3. The lowest BCUT2D eigenvalue weighted by molar-refractivity contribution is -0.201. The third kappa shape index (κ3) is 3.97. The molecular formula is C29H45NO6. The third-order valence-corrected chi connectivity index (χ3v) is 9.71. The summed E-state index contributed by atoms with van der Waals surface area (Å²) in [6.07, 6.45) is 8.71. The van der Waals surface area contributed by atoms with E-state index < -0.39 is 23.4 Å². The Morgan fingerprint density at radius 1 is 1.31 bits per heavy atom. The molecule has 0 aromatic heterocycles. The van der Waals surface area contributed by atoms with Crippen molar-refractivity contribution in [3.05, 3.63) is 23.8 Å². The van der Waals surface area contributed by atoms with Gasteiger partial charge in [0, 0.05) is 16.7 Å². The number of carbonyl (C=O) groups excluding carboxylic acids is 2. The van der Waals surface area contributed by atoms with Crippen LogP contribution in [-0.2, 0) is 23.8 Å². The van der Waals surface area contributed by atoms with E-state index in [0.717, 1.165) is 37.7 Å². The second kappa shape index (κ2) is 10.4. The van der Waals surface area contributed by atoms with Crippen LogP contribution >= 0.6 is 0 Å². The van der Waals surface area contributed by atoms with Crippen molar-refractivity contribution in [3.8, 4) is 0 Å². The standard InChI is InChI=1S/C27H39NO6.C2H6/c1-5-6-23-33-22-12-19-18-8-7-16-11-17(29)9-10-25(16,2)24(18)20(30)13-26(19,3)27(22,34-23)21(31)14-32-15-28-4;1-2/h9-11,18-20,22-24,28,30H,5-8,12-15H2,1-4H3;1-2H3/t18?,19?,20?,22?,23?,24-,25?,26?,27?;/m1./s1. The number of nitrogens with one attached hydrogen (secondary N) is 1. The van der Waals surface area contributed by atoms with Crippen molar-refractivity contribution in [2.75, 3.05) is 20.4 Å². The lowest BCUT2D eigenvalue weighted by Crippen LogP contribution is -2.63. The van der Waals surface area contributed by atoms with E-state index in [0.29, 0.717) is 6.42 Å². The molecule has 0 bridgehead atoms. The number of carbonyl (C=O) groups is 2. The van der Waals surface area contributed by atoms with E-state index in [1.165, 1.54) is 0 Å². The highest BCUT2D eigenvalue weighted by atomic mass is 16.7. The Morgan fingerprint density at radius 2 is 2.06 bits per heavy atom. The van der Waals surface area contributed by atoms with Gasteiger partial charge in [0.15, 0.2) is 23.5 Å². The molecule has 5 rings (SSSR count). The molecule has 5 aliphatic rings. The van der Waals surface area contributed by atoms with Crippen LogP contribution in [0.15, 0.2) is 23.8 Å². The molecule has 0 amide bonds. The molecule has 4 fully saturated rings. The maximum Gasteiger partial charge on any atom is 0.193 e. The molecule has 8 unspecified atom stereocenters. The van der Waals surface area contributed by atoms with Crippen molar-refractivity contribution in [1.29, 1.82) is 0 Å². The molecule has 4 aliphatic carbocycles. The number of Topliss-reactive ketones (excluding diaryl/α,β-unsaturated/α-hetero) is 1. The Bertz CT molecular complexity index is 915. The molecule has 9 atom stereocenters. The van der Waals surface area contributed by atoms with E-state index in [1.807, 2.05) is 19.9 Å². The lowest BCUT2D eigenvalue weighted by atomic mass is 9.46. The Kier molecular flexibility index (Phi) is 8.00. The van der Waals surface area contributed by atoms with Crippen LogP contribution in [0, 0.1) is 28.6 Å². The lowest BCUT2D eigenvalue weighted by Gasteiger charge is -2.59. The summed E-state index contributed by atoms with van der Waals surface area (Å²) in [5.41, 5.74) is -0.863. The van der Waals surface area contributed by atoms with Crippen LogP contribution in [0.4, 0.5) is 0 Å². The van der Waals surface area contributed by atoms with E-state index in [-0.39, 0.29) is 54.2 Å². The molecule has 2 N–H and O–H groups in total. The number of aliphatic hydroxyl groups excluding tert-OH is 1. The fraction of sp³-hybridized carbons (Fsp3) is 0.793. The van der Waals surface area contributed by atoms with Crippen molar-refractivity contribution >= 4 is 11.6 Å². The number of hydrogen-bond acceptors (Lipinski definition) is 7. The molecule has 7 nitrogen and oxygen atoms in total. The number of allylic oxidation sites excluding steroid dienone is 4. The van der Waals surface area contributed by atoms with Crippen molar-refractivity contribution in [3.63, 3.8) is 0 Å². The van der Waals surface area contributed by atoms with Gasteiger partial charge >= 0.3 is 0 Å². The largest absolute Gasteiger partial charge is 0.393 e. The van der Waals surface area contributed by atoms with Gasteiger partial charge in [0.25, 0.3) is 0 Å². The van der Waals surface area contributed by atoms with Crippen LogP contribution in [0.1, 0.15) is 73.1 Å². The number of hydrogen-bond donors (Lipinski definition) is 2. The van der Waals surface area contributed by atoms with Crippen LogP contribution in [-0.4, -0.2) is 61.2 Å². The van der Waals surface area contributed by atoms with E-state index in [2.05, 4.69) is 26.1 Å². The zero-order valence-electron chi connectivity index (χ0n) is 22.8. The van der Waals surface area contributed by atoms with Crippen LogP contribution in [0.2, 0.25) is 0 Å². The van der Waals surface area contributed by atoms with Gasteiger partial charge in [0.2, 0.25) is 0 Å². The Balaban J connectivity index is 0.00000148. The maximum atomic E-state index is 13.8. The first-order valence-electron chi connectivity index (χ1n) is 13.9. The summed E-state index contributed by atoms with van der Waals surface area (Å²) in [5, 5.41) is 14.6. The van der Waals surface area contributed by atoms with Crippen molar-refractivity contribution in [1.82, 2.24) is 5.32 Å². The van der Waals surface area contributed by atoms with Crippen LogP contribution in [0.25, 0.3) is 0 Å². The van der Waals surface area contributed by atoms with E-state index in [9.17, 15) is 14.7 Å². The highest BCUT2D eigenvalue weighted by Gasteiger charge is 2.75. The first-order chi connectivity index (χ1) is 17.2. The predicted molar refractivity (Wildman–Crippen MR) is 137 cm³/mol. The molecule has 0 spiro atoms. The monoisotopic (exact) mass is 503 g/mol. The average Bonchev–Trinajstić information content (AvgIpc) is 3.33. The first-order valence-corrected chi connectivity index (χ1v) is 13.9. The van der Waals surface area contributed by atoms with Crippen molar-refractivity contribution in [2.24, 2.45) is 28.6 Å². The highest BCUT2D eigenvalue weighted by Crippen LogP contribution is 2.69. The van der Waals surface area contributed by atoms with Gasteiger partial charge in [0.1, 0.15) is 6.61 Å². The maximum absolute atomic E-state index is 13.8. The smallest absolute Gasteiger partial charge is 0.193 e. The third-order valence-electron chi connectivity index (χ3n) is 9.71. The van der Waals surface area contributed by atoms with Gasteiger partial charge in [-0.05, 0) is 63.1 Å². The van der Waals surface area contributed by atoms with Gasteiger partial charge in [-0.3, -0.25) is 14.9 Å². The normalized spacial score (nSPS) is 44.5. The number of ketones is 2. The summed E-state index contributed by atoms with van der Waals surface area (Å²) >= 11 is 0. The summed E-state index contributed by atoms with van der Waals surface area (Å²) in [4.78, 5) is 25.9. The quantitative estimate of drug-likeness (QED) is 0.401. The van der Waals surface area contributed by atoms with E-state index in [1.54, 1.807) is 19.2 Å². The van der Waals surface area contributed by atoms with Gasteiger partial charge in [-0.1, -0.05) is 52.7 Å². The molecule has 1 heterocycles. The second-order valence-corrected chi connectivity index (χ2v) is 11.4. The minimum atomic E-state index is -1.10. The van der Waals surface area contributed by atoms with Gasteiger partial charge < -0.3 is 19.3 Å². The van der Waals surface area contributed by atoms with Crippen molar-refractivity contribution in [2.45, 2.75) is 97.2 Å². The topological polar surface area (TPSA) is 94.1 Å². The fourth-order valence-corrected chi connectivity index (χ4v) is 8.36. The molecule has 1 saturated heterocycles. The number of aliphatic hydroxyl groups is 1. The summed E-state index contributed by atoms with van der Waals surface area (Å²) in [5.74, 6) is 0.372. The zero-order chi connectivity index (χ0) is 26.3. The summed E-state index contributed by atoms with van der Waals surface area (Å²) in [6, 6.07) is 0. The average molecular weight is 504 g/mol. The summed E-state index contributed by atoms with van der Waals surface area (Å²) < 4.78 is 18.6. The first kappa shape index (κ1) is 27.6. The fourth-order valence-electron chi connectivity index (χ4n) is 8.36. The minimum absolute atomic E-state index is 0.00730. The molecular weight excluding hydrogens is 458 g/mol. The van der Waals surface area contributed by atoms with Gasteiger partial charge in [-0.25, -0.2) is 0 Å². The summed E-state index contributed by atoms with van der Waals surface area (Å²) in [7, 11) is 1.78. The second-order valence-electron chi connectivity index (χ2n) is 11.4. The Labute approximate surface area is 216 Å². The molecule has 36 heavy (non-hydrogen) atoms. The van der Waals surface area contributed by atoms with E-state index >= 15 is 0 Å². The highest BCUT2D eigenvalue weighted by molar-refractivity contribution is 6.01. The molecule has 202 valence electrons. The Hall–Kier alpha value is -1.38. The minimum Gasteiger partial charge on any atom is -0.393 e.